The van der Waals surface area contributed by atoms with Crippen LogP contribution in [-0.2, 0) is 112 Å². The number of primary amides is 2. The Kier molecular flexibility index (Phi) is 39.4. The number of carbonyl (C=O) groups excluding carboxylic acids is 16. The first kappa shape index (κ1) is 95.3. The molecule has 0 saturated carbocycles. The monoisotopic (exact) mass is 1600 g/mol. The summed E-state index contributed by atoms with van der Waals surface area (Å²) >= 11 is 0. The van der Waals surface area contributed by atoms with Gasteiger partial charge in [0.05, 0.1) is 25.9 Å². The number of cyclic esters (lactones) is 1. The molecule has 15 amide bonds. The Morgan fingerprint density at radius 2 is 1.19 bits per heavy atom. The highest BCUT2D eigenvalue weighted by atomic mass is 16.5. The fraction of sp³-hybridized carbons (Fsp3) is 0.600. The number of carbonyl (C=O) groups is 20. The molecule has 0 radical (unpaired) electrons. The number of carboxylic acids is 4. The van der Waals surface area contributed by atoms with Crippen molar-refractivity contribution in [2.75, 3.05) is 27.2 Å². The number of hydrogen-bond donors (Lipinski definition) is 20. The van der Waals surface area contributed by atoms with Gasteiger partial charge in [-0.3, -0.25) is 86.3 Å². The highest BCUT2D eigenvalue weighted by molar-refractivity contribution is 6.02. The van der Waals surface area contributed by atoms with Crippen molar-refractivity contribution < 1.29 is 131 Å². The number of aliphatic hydroxyl groups excluding tert-OH is 1. The van der Waals surface area contributed by atoms with Crippen LogP contribution < -0.4 is 75.3 Å². The molecule has 15 atom stereocenters. The molecular formula is C70H104N16O27. The number of nitrogens with one attached hydrogen (secondary N) is 13. The van der Waals surface area contributed by atoms with Gasteiger partial charge in [-0.15, -0.1) is 0 Å². The molecule has 43 heteroatoms. The molecule has 0 aliphatic carbocycles. The SMILES string of the molecule is CC[C@H](C)[C@@H]1NC(=O)[C@H](CCC(=O)O)NC(=O)[C@@H](CC(N)=O)NC(=O)CNC(=O)[C@H]([C@H](OC)C(=O)O)NC(=O)[C@@H](C)NC(=O)[C@H](CC(=O)O)NC(=O)[C@H](C)NC(=O)CN(C)C(=O)[C@@H](NC(=O)[C@@H](NC(=O)[C@@H](CCC(=O)O)NC(=O)[C@H](Cc2c[nH]c3ccccc23)NC(=O)CCCCCCCC(C)C)[C@H](O)C(N)=O)[C@H](C)OC1=O. The van der Waals surface area contributed by atoms with Crippen LogP contribution >= 0.6 is 0 Å². The van der Waals surface area contributed by atoms with Gasteiger partial charge in [0.25, 0.3) is 0 Å². The molecule has 22 N–H and O–H groups in total. The van der Waals surface area contributed by atoms with Crippen molar-refractivity contribution in [1.29, 1.82) is 0 Å². The second-order valence-corrected chi connectivity index (χ2v) is 27.6. The lowest BCUT2D eigenvalue weighted by atomic mass is 9.98. The first-order valence-electron chi connectivity index (χ1n) is 36.3. The van der Waals surface area contributed by atoms with Crippen molar-refractivity contribution in [2.24, 2.45) is 23.3 Å². The van der Waals surface area contributed by atoms with Gasteiger partial charge in [0.15, 0.2) is 12.2 Å². The molecule has 113 heavy (non-hydrogen) atoms. The largest absolute Gasteiger partial charge is 0.481 e. The van der Waals surface area contributed by atoms with Gasteiger partial charge in [-0.25, -0.2) is 9.59 Å². The first-order valence-corrected chi connectivity index (χ1v) is 36.3. The third-order valence-corrected chi connectivity index (χ3v) is 17.9. The number of nitrogens with two attached hydrogens (primary N) is 2. The fourth-order valence-corrected chi connectivity index (χ4v) is 11.4. The van der Waals surface area contributed by atoms with E-state index in [9.17, 15) is 121 Å². The highest BCUT2D eigenvalue weighted by Gasteiger charge is 2.43. The number of amides is 15. The number of fused-ring (bicyclic) bond motifs is 1. The summed E-state index contributed by atoms with van der Waals surface area (Å²) in [6.45, 7) is 7.61. The number of para-hydroxylation sites is 1. The van der Waals surface area contributed by atoms with Gasteiger partial charge >= 0.3 is 29.8 Å². The second-order valence-electron chi connectivity index (χ2n) is 27.6. The van der Waals surface area contributed by atoms with Gasteiger partial charge in [0.1, 0.15) is 72.6 Å². The fourth-order valence-electron chi connectivity index (χ4n) is 11.4. The maximum atomic E-state index is 14.9. The van der Waals surface area contributed by atoms with E-state index in [4.69, 9.17) is 20.9 Å². The van der Waals surface area contributed by atoms with Gasteiger partial charge in [0.2, 0.25) is 88.6 Å². The minimum atomic E-state index is -2.80. The zero-order chi connectivity index (χ0) is 85.3. The van der Waals surface area contributed by atoms with Crippen molar-refractivity contribution >= 4 is 129 Å². The molecule has 0 spiro atoms. The summed E-state index contributed by atoms with van der Waals surface area (Å²) in [5, 5.41) is 77.3. The Bertz CT molecular complexity index is 3790. The standard InChI is InChI=1S/C70H104N16O27/c1-10-33(4)52-70(111)113-36(7)53(83-67(107)54(56(97)58(72)98)84-62(102)41(23-25-50(93)94)79-64(104)42(26-37-29-73-39-20-17-16-19-38(37)39)77-46(88)21-15-13-11-12-14-18-32(2)3)68(108)86(8)31-48(90)75-34(5)59(99)81-44(28-51(95)96)63(103)76-35(6)60(100)85-55(57(112-9)69(109)110)66(106)74-30-47(89)78-43(27-45(71)87)65(105)80-40(61(101)82-52)22-24-49(91)92/h16-17,19-20,29,32-36,40-44,52-57,73,97H,10-15,18,21-28,30-31H2,1-9H3,(H2,71,87)(H2,72,98)(H,74,106)(H,75,90)(H,76,103)(H,77,88)(H,78,89)(H,79,104)(H,80,105)(H,81,99)(H,82,101)(H,83,107)(H,84,102)(H,85,100)(H,91,92)(H,93,94)(H,95,96)(H,109,110)/t33-,34-,35+,36-,40-,41+,42-,43+,44-,52-,53-,54-,55-,56-,57-/m0/s1. The molecule has 2 heterocycles. The number of methoxy groups -OCH3 is 1. The number of carboxylic acid groups (broad SMARTS) is 4. The van der Waals surface area contributed by atoms with Crippen LogP contribution in [0.15, 0.2) is 30.5 Å². The van der Waals surface area contributed by atoms with Crippen LogP contribution in [-0.4, -0.2) is 266 Å². The molecule has 0 bridgehead atoms. The molecule has 1 aromatic carbocycles. The normalized spacial score (nSPS) is 22.1. The van der Waals surface area contributed by atoms with Crippen LogP contribution in [0.25, 0.3) is 10.9 Å². The average molecular weight is 1600 g/mol. The lowest BCUT2D eigenvalue weighted by Crippen LogP contribution is -2.64. The summed E-state index contributed by atoms with van der Waals surface area (Å²) in [4.78, 5) is 275. The first-order chi connectivity index (χ1) is 53.0. The molecule has 1 fully saturated rings. The van der Waals surface area contributed by atoms with Crippen LogP contribution in [0.4, 0.5) is 0 Å². The Labute approximate surface area is 647 Å². The topological polar surface area (TPSA) is 676 Å². The van der Waals surface area contributed by atoms with E-state index in [0.29, 0.717) is 40.1 Å². The van der Waals surface area contributed by atoms with Gasteiger partial charge < -0.3 is 120 Å². The molecule has 626 valence electrons. The zero-order valence-corrected chi connectivity index (χ0v) is 64.0. The number of nitrogens with zero attached hydrogens (tertiary/aromatic N) is 1. The molecule has 1 aromatic heterocycles. The highest BCUT2D eigenvalue weighted by Crippen LogP contribution is 2.21. The number of aliphatic carboxylic acids is 4. The van der Waals surface area contributed by atoms with E-state index in [1.54, 1.807) is 30.5 Å². The molecular weight excluding hydrogens is 1500 g/mol. The Balaban J connectivity index is 2.24. The Morgan fingerprint density at radius 3 is 1.80 bits per heavy atom. The lowest BCUT2D eigenvalue weighted by molar-refractivity contribution is -0.159. The molecule has 2 aromatic rings. The van der Waals surface area contributed by atoms with Gasteiger partial charge in [0, 0.05) is 56.9 Å². The number of ether oxygens (including phenoxy) is 2. The van der Waals surface area contributed by atoms with E-state index in [2.05, 4.69) is 61.4 Å². The maximum absolute atomic E-state index is 14.9. The smallest absolute Gasteiger partial charge is 0.335 e. The Morgan fingerprint density at radius 1 is 0.619 bits per heavy atom. The van der Waals surface area contributed by atoms with Crippen LogP contribution in [0.2, 0.25) is 0 Å². The molecule has 0 unspecified atom stereocenters. The van der Waals surface area contributed by atoms with Gasteiger partial charge in [-0.1, -0.05) is 84.4 Å². The number of likely N-dealkylation sites (N-methyl/N-ethyl adjacent to an activating group) is 1. The van der Waals surface area contributed by atoms with Crippen LogP contribution in [0, 0.1) is 11.8 Å². The van der Waals surface area contributed by atoms with Crippen molar-refractivity contribution in [3.05, 3.63) is 36.0 Å². The number of aromatic nitrogens is 1. The molecule has 43 nitrogen and oxygen atoms in total. The van der Waals surface area contributed by atoms with Crippen LogP contribution in [0.3, 0.4) is 0 Å². The number of H-pyrrole nitrogens is 1. The summed E-state index contributed by atoms with van der Waals surface area (Å²) in [5.74, 6) is -29.0. The molecule has 3 rings (SSSR count). The van der Waals surface area contributed by atoms with E-state index < -0.39 is 261 Å². The summed E-state index contributed by atoms with van der Waals surface area (Å²) in [6.07, 6.45) is -6.58. The van der Waals surface area contributed by atoms with E-state index in [1.807, 2.05) is 21.3 Å². The number of hydrogen-bond acceptors (Lipinski definition) is 23. The molecule has 1 aliphatic heterocycles. The Hall–Kier alpha value is -11.9. The van der Waals surface area contributed by atoms with E-state index in [0.717, 1.165) is 60.6 Å². The van der Waals surface area contributed by atoms with Gasteiger partial charge in [-0.2, -0.15) is 0 Å². The number of esters is 1. The van der Waals surface area contributed by atoms with Crippen LogP contribution in [0.5, 0.6) is 0 Å². The number of rotatable bonds is 34. The summed E-state index contributed by atoms with van der Waals surface area (Å²) in [5.41, 5.74) is 12.1. The molecule has 1 saturated heterocycles. The van der Waals surface area contributed by atoms with Crippen molar-refractivity contribution in [3.8, 4) is 0 Å². The number of unbranched alkanes of at least 4 members (excludes halogenated alkanes) is 4. The predicted molar refractivity (Wildman–Crippen MR) is 391 cm³/mol. The van der Waals surface area contributed by atoms with Crippen molar-refractivity contribution in [2.45, 2.75) is 230 Å². The average Bonchev–Trinajstić information content (AvgIpc) is 1.71. The summed E-state index contributed by atoms with van der Waals surface area (Å²) < 4.78 is 10.6. The van der Waals surface area contributed by atoms with E-state index >= 15 is 0 Å². The summed E-state index contributed by atoms with van der Waals surface area (Å²) in [7, 11) is 1.69. The number of aromatic amines is 1. The quantitative estimate of drug-likeness (QED) is 0.0229. The third-order valence-electron chi connectivity index (χ3n) is 17.9. The predicted octanol–water partition coefficient (Wildman–Crippen LogP) is -5.94. The van der Waals surface area contributed by atoms with Gasteiger partial charge in [-0.05, 0) is 63.5 Å². The third kappa shape index (κ3) is 32.1. The van der Waals surface area contributed by atoms with Crippen LogP contribution in [0.1, 0.15) is 144 Å². The lowest BCUT2D eigenvalue weighted by Gasteiger charge is -2.32. The summed E-state index contributed by atoms with van der Waals surface area (Å²) in [6, 6.07) is -15.6. The minimum absolute atomic E-state index is 0.0233. The zero-order valence-electron chi connectivity index (χ0n) is 64.0. The van der Waals surface area contributed by atoms with E-state index in [1.165, 1.54) is 13.8 Å². The number of aliphatic hydroxyl groups is 1. The number of benzene rings is 1. The van der Waals surface area contributed by atoms with Crippen molar-refractivity contribution in [3.63, 3.8) is 0 Å². The maximum Gasteiger partial charge on any atom is 0.335 e. The van der Waals surface area contributed by atoms with E-state index in [-0.39, 0.29) is 19.3 Å². The van der Waals surface area contributed by atoms with Crippen molar-refractivity contribution in [1.82, 2.24) is 73.7 Å². The molecule has 1 aliphatic rings. The second kappa shape index (κ2) is 46.7. The minimum Gasteiger partial charge on any atom is -0.481 e.